The van der Waals surface area contributed by atoms with Crippen molar-refractivity contribution in [3.63, 3.8) is 0 Å². The number of furan rings is 1. The predicted octanol–water partition coefficient (Wildman–Crippen LogP) is 15.2. The fourth-order valence-electron chi connectivity index (χ4n) is 8.54. The SMILES string of the molecule is c1ccc(-c2ccccc2-c2ccc(N(c3ccccc3)c3ccc(-c4ccc5c(c4)c4ccccc4n5-c4cccc5c4oc4ccccc45)cc3)cc2)cc1. The quantitative estimate of drug-likeness (QED) is 0.163. The standard InChI is InChI=1S/C54H36N2O/c1-3-14-38(15-4-1)44-18-7-8-19-45(44)39-28-33-43(34-29-39)55(41-16-5-2-6-17-41)42-31-26-37(27-32-42)40-30-35-51-49(36-40)46-20-9-11-23-50(46)56(51)52-24-13-22-48-47-21-10-12-25-53(47)57-54(48)52/h1-36H. The molecule has 0 saturated carbocycles. The molecule has 3 heteroatoms. The summed E-state index contributed by atoms with van der Waals surface area (Å²) in [5.74, 6) is 0. The van der Waals surface area contributed by atoms with E-state index in [9.17, 15) is 0 Å². The Labute approximate surface area is 330 Å². The maximum atomic E-state index is 6.52. The van der Waals surface area contributed by atoms with Crippen molar-refractivity contribution in [2.75, 3.05) is 4.90 Å². The van der Waals surface area contributed by atoms with Crippen LogP contribution in [0.3, 0.4) is 0 Å². The Hall–Kier alpha value is -7.62. The third kappa shape index (κ3) is 5.60. The largest absolute Gasteiger partial charge is 0.454 e. The summed E-state index contributed by atoms with van der Waals surface area (Å²) in [4.78, 5) is 2.33. The highest BCUT2D eigenvalue weighted by molar-refractivity contribution is 6.13. The van der Waals surface area contributed by atoms with E-state index in [0.717, 1.165) is 61.3 Å². The number of benzene rings is 9. The molecule has 0 spiro atoms. The van der Waals surface area contributed by atoms with Crippen LogP contribution in [-0.2, 0) is 0 Å². The van der Waals surface area contributed by atoms with Crippen molar-refractivity contribution < 1.29 is 4.42 Å². The highest BCUT2D eigenvalue weighted by Gasteiger charge is 2.19. The lowest BCUT2D eigenvalue weighted by Gasteiger charge is -2.26. The van der Waals surface area contributed by atoms with Crippen LogP contribution in [-0.4, -0.2) is 4.57 Å². The van der Waals surface area contributed by atoms with E-state index in [4.69, 9.17) is 4.42 Å². The van der Waals surface area contributed by atoms with Crippen LogP contribution < -0.4 is 4.90 Å². The molecule has 0 N–H and O–H groups in total. The van der Waals surface area contributed by atoms with Gasteiger partial charge in [-0.25, -0.2) is 0 Å². The summed E-state index contributed by atoms with van der Waals surface area (Å²) in [6.45, 7) is 0. The van der Waals surface area contributed by atoms with Gasteiger partial charge in [-0.3, -0.25) is 0 Å². The van der Waals surface area contributed by atoms with E-state index in [0.29, 0.717) is 0 Å². The number of nitrogens with zero attached hydrogens (tertiary/aromatic N) is 2. The zero-order valence-corrected chi connectivity index (χ0v) is 31.1. The average molecular weight is 729 g/mol. The summed E-state index contributed by atoms with van der Waals surface area (Å²) in [7, 11) is 0. The molecular formula is C54H36N2O. The first kappa shape index (κ1) is 32.8. The zero-order valence-electron chi connectivity index (χ0n) is 31.1. The van der Waals surface area contributed by atoms with Crippen molar-refractivity contribution in [3.05, 3.63) is 218 Å². The van der Waals surface area contributed by atoms with Gasteiger partial charge in [0.2, 0.25) is 0 Å². The van der Waals surface area contributed by atoms with Crippen molar-refractivity contribution in [2.45, 2.75) is 0 Å². The van der Waals surface area contributed by atoms with Crippen LogP contribution in [0.1, 0.15) is 0 Å². The second kappa shape index (κ2) is 13.6. The van der Waals surface area contributed by atoms with Gasteiger partial charge in [0.15, 0.2) is 5.58 Å². The van der Waals surface area contributed by atoms with Crippen LogP contribution in [0.25, 0.3) is 82.8 Å². The summed E-state index contributed by atoms with van der Waals surface area (Å²) in [6.07, 6.45) is 0. The van der Waals surface area contributed by atoms with Gasteiger partial charge in [0.25, 0.3) is 0 Å². The minimum absolute atomic E-state index is 0.899. The molecule has 0 aliphatic heterocycles. The number of aromatic nitrogens is 1. The van der Waals surface area contributed by atoms with Gasteiger partial charge in [-0.2, -0.15) is 0 Å². The van der Waals surface area contributed by atoms with E-state index in [-0.39, 0.29) is 0 Å². The minimum atomic E-state index is 0.899. The molecule has 0 fully saturated rings. The van der Waals surface area contributed by atoms with Crippen molar-refractivity contribution >= 4 is 60.8 Å². The lowest BCUT2D eigenvalue weighted by molar-refractivity contribution is 0.666. The van der Waals surface area contributed by atoms with Crippen LogP contribution in [0.5, 0.6) is 0 Å². The van der Waals surface area contributed by atoms with Gasteiger partial charge in [-0.05, 0) is 100 Å². The van der Waals surface area contributed by atoms with Gasteiger partial charge in [0, 0.05) is 38.6 Å². The second-order valence-electron chi connectivity index (χ2n) is 14.5. The number of hydrogen-bond donors (Lipinski definition) is 0. The van der Waals surface area contributed by atoms with E-state index in [1.54, 1.807) is 0 Å². The fraction of sp³-hybridized carbons (Fsp3) is 0. The summed E-state index contributed by atoms with van der Waals surface area (Å²) in [5.41, 5.74) is 15.6. The molecule has 2 heterocycles. The summed E-state index contributed by atoms with van der Waals surface area (Å²) in [5, 5.41) is 4.68. The van der Waals surface area contributed by atoms with E-state index < -0.39 is 0 Å². The van der Waals surface area contributed by atoms with Crippen molar-refractivity contribution in [2.24, 2.45) is 0 Å². The molecule has 268 valence electrons. The van der Waals surface area contributed by atoms with E-state index in [1.807, 2.05) is 12.1 Å². The summed E-state index contributed by atoms with van der Waals surface area (Å²) < 4.78 is 8.87. The number of para-hydroxylation sites is 4. The van der Waals surface area contributed by atoms with Crippen LogP contribution in [0.15, 0.2) is 223 Å². The molecule has 0 bridgehead atoms. The van der Waals surface area contributed by atoms with Gasteiger partial charge in [-0.1, -0.05) is 152 Å². The Morgan fingerprint density at radius 3 is 1.60 bits per heavy atom. The normalized spacial score (nSPS) is 11.5. The van der Waals surface area contributed by atoms with E-state index >= 15 is 0 Å². The number of fused-ring (bicyclic) bond motifs is 6. The highest BCUT2D eigenvalue weighted by atomic mass is 16.3. The zero-order chi connectivity index (χ0) is 37.7. The van der Waals surface area contributed by atoms with Gasteiger partial charge in [0.1, 0.15) is 5.58 Å². The first-order valence-corrected chi connectivity index (χ1v) is 19.4. The van der Waals surface area contributed by atoms with Crippen LogP contribution in [0, 0.1) is 0 Å². The molecule has 11 rings (SSSR count). The first-order chi connectivity index (χ1) is 28.3. The van der Waals surface area contributed by atoms with E-state index in [2.05, 4.69) is 216 Å². The fourth-order valence-corrected chi connectivity index (χ4v) is 8.54. The Kier molecular flexibility index (Phi) is 7.82. The summed E-state index contributed by atoms with van der Waals surface area (Å²) in [6, 6.07) is 78.0. The molecule has 0 saturated heterocycles. The molecule has 0 aliphatic carbocycles. The molecule has 3 nitrogen and oxygen atoms in total. The molecule has 0 radical (unpaired) electrons. The van der Waals surface area contributed by atoms with Crippen molar-refractivity contribution in [3.8, 4) is 39.1 Å². The number of rotatable bonds is 7. The van der Waals surface area contributed by atoms with Crippen LogP contribution >= 0.6 is 0 Å². The molecular weight excluding hydrogens is 693 g/mol. The lowest BCUT2D eigenvalue weighted by Crippen LogP contribution is -2.09. The molecule has 2 aromatic heterocycles. The Morgan fingerprint density at radius 2 is 0.860 bits per heavy atom. The lowest BCUT2D eigenvalue weighted by atomic mass is 9.94. The molecule has 0 amide bonds. The third-order valence-electron chi connectivity index (χ3n) is 11.2. The number of hydrogen-bond acceptors (Lipinski definition) is 2. The smallest absolute Gasteiger partial charge is 0.159 e. The first-order valence-electron chi connectivity index (χ1n) is 19.4. The van der Waals surface area contributed by atoms with Crippen LogP contribution in [0.2, 0.25) is 0 Å². The maximum absolute atomic E-state index is 6.52. The Bertz CT molecular complexity index is 3210. The van der Waals surface area contributed by atoms with Crippen molar-refractivity contribution in [1.82, 2.24) is 4.57 Å². The van der Waals surface area contributed by atoms with Gasteiger partial charge >= 0.3 is 0 Å². The molecule has 0 atom stereocenters. The third-order valence-corrected chi connectivity index (χ3v) is 11.2. The van der Waals surface area contributed by atoms with Crippen LogP contribution in [0.4, 0.5) is 17.1 Å². The number of anilines is 3. The van der Waals surface area contributed by atoms with Gasteiger partial charge < -0.3 is 13.9 Å². The highest BCUT2D eigenvalue weighted by Crippen LogP contribution is 2.41. The van der Waals surface area contributed by atoms with Crippen molar-refractivity contribution in [1.29, 1.82) is 0 Å². The molecule has 0 aliphatic rings. The predicted molar refractivity (Wildman–Crippen MR) is 239 cm³/mol. The Balaban J connectivity index is 0.968. The van der Waals surface area contributed by atoms with E-state index in [1.165, 1.54) is 38.6 Å². The summed E-state index contributed by atoms with van der Waals surface area (Å²) >= 11 is 0. The molecule has 0 unspecified atom stereocenters. The average Bonchev–Trinajstić information content (AvgIpc) is 3.83. The molecule has 11 aromatic rings. The second-order valence-corrected chi connectivity index (χ2v) is 14.5. The van der Waals surface area contributed by atoms with Gasteiger partial charge in [-0.15, -0.1) is 0 Å². The topological polar surface area (TPSA) is 21.3 Å². The Morgan fingerprint density at radius 1 is 0.333 bits per heavy atom. The minimum Gasteiger partial charge on any atom is -0.454 e. The molecule has 57 heavy (non-hydrogen) atoms. The molecule has 9 aromatic carbocycles. The monoisotopic (exact) mass is 728 g/mol. The van der Waals surface area contributed by atoms with Gasteiger partial charge in [0.05, 0.1) is 16.7 Å². The maximum Gasteiger partial charge on any atom is 0.159 e.